The van der Waals surface area contributed by atoms with E-state index in [1.807, 2.05) is 0 Å². The second-order valence-electron chi connectivity index (χ2n) is 5.68. The van der Waals surface area contributed by atoms with E-state index in [1.54, 1.807) is 38.2 Å². The van der Waals surface area contributed by atoms with Crippen molar-refractivity contribution in [2.75, 3.05) is 13.2 Å². The van der Waals surface area contributed by atoms with Crippen molar-refractivity contribution in [1.29, 1.82) is 0 Å². The Labute approximate surface area is 148 Å². The number of ether oxygens (including phenoxy) is 2. The lowest BCUT2D eigenvalue weighted by Crippen LogP contribution is -2.50. The van der Waals surface area contributed by atoms with Gasteiger partial charge in [0, 0.05) is 5.39 Å². The molecule has 0 saturated carbocycles. The van der Waals surface area contributed by atoms with Crippen LogP contribution in [0.5, 0.6) is 0 Å². The van der Waals surface area contributed by atoms with Gasteiger partial charge < -0.3 is 20.1 Å². The Kier molecular flexibility index (Phi) is 4.87. The molecule has 3 N–H and O–H groups in total. The van der Waals surface area contributed by atoms with E-state index in [4.69, 9.17) is 9.47 Å². The lowest BCUT2D eigenvalue weighted by atomic mass is 10.0. The Morgan fingerprint density at radius 2 is 2.04 bits per heavy atom. The summed E-state index contributed by atoms with van der Waals surface area (Å²) in [4.78, 5) is 36.1. The van der Waals surface area contributed by atoms with Crippen molar-refractivity contribution in [3.63, 3.8) is 0 Å². The topological polar surface area (TPSA) is 122 Å². The number of nitrogens with zero attached hydrogens (tertiary/aromatic N) is 1. The van der Waals surface area contributed by atoms with Gasteiger partial charge in [-0.2, -0.15) is 5.10 Å². The van der Waals surface area contributed by atoms with Gasteiger partial charge in [-0.1, -0.05) is 6.07 Å². The smallest absolute Gasteiger partial charge is 0.338 e. The van der Waals surface area contributed by atoms with E-state index in [-0.39, 0.29) is 24.5 Å². The monoisotopic (exact) mass is 358 g/mol. The first-order valence-corrected chi connectivity index (χ1v) is 8.07. The molecule has 136 valence electrons. The average Bonchev–Trinajstić information content (AvgIpc) is 3.06. The maximum Gasteiger partial charge on any atom is 0.338 e. The largest absolute Gasteiger partial charge is 0.463 e. The summed E-state index contributed by atoms with van der Waals surface area (Å²) in [5, 5.41) is 12.6. The van der Waals surface area contributed by atoms with E-state index >= 15 is 0 Å². The molecule has 0 radical (unpaired) electrons. The molecular weight excluding hydrogens is 340 g/mol. The second-order valence-corrected chi connectivity index (χ2v) is 5.68. The van der Waals surface area contributed by atoms with Crippen LogP contribution in [-0.4, -0.2) is 47.4 Å². The van der Waals surface area contributed by atoms with Crippen molar-refractivity contribution >= 4 is 28.9 Å². The summed E-state index contributed by atoms with van der Waals surface area (Å²) < 4.78 is 10.3. The van der Waals surface area contributed by atoms with E-state index in [1.165, 1.54) is 0 Å². The molecule has 0 bridgehead atoms. The van der Waals surface area contributed by atoms with E-state index in [9.17, 15) is 14.4 Å². The Morgan fingerprint density at radius 1 is 1.23 bits per heavy atom. The number of urea groups is 1. The molecule has 0 spiro atoms. The van der Waals surface area contributed by atoms with Crippen LogP contribution in [0.3, 0.4) is 0 Å². The number of H-pyrrole nitrogens is 1. The molecule has 26 heavy (non-hydrogen) atoms. The maximum atomic E-state index is 12.3. The summed E-state index contributed by atoms with van der Waals surface area (Å²) >= 11 is 0. The lowest BCUT2D eigenvalue weighted by Gasteiger charge is -2.26. The number of benzene rings is 1. The van der Waals surface area contributed by atoms with Crippen molar-refractivity contribution in [1.82, 2.24) is 20.8 Å². The molecule has 1 unspecified atom stereocenters. The van der Waals surface area contributed by atoms with Crippen LogP contribution in [0.1, 0.15) is 24.2 Å². The molecule has 9 heteroatoms. The predicted molar refractivity (Wildman–Crippen MR) is 91.2 cm³/mol. The number of aromatic amines is 1. The van der Waals surface area contributed by atoms with E-state index in [2.05, 4.69) is 20.8 Å². The van der Waals surface area contributed by atoms with Crippen LogP contribution in [0.4, 0.5) is 4.79 Å². The number of carbonyl (C=O) groups excluding carboxylic acids is 3. The molecule has 3 rings (SSSR count). The second kappa shape index (κ2) is 7.26. The van der Waals surface area contributed by atoms with Crippen molar-refractivity contribution < 1.29 is 23.9 Å². The van der Waals surface area contributed by atoms with Gasteiger partial charge in [-0.3, -0.25) is 5.10 Å². The van der Waals surface area contributed by atoms with Gasteiger partial charge >= 0.3 is 18.0 Å². The molecule has 2 aromatic rings. The van der Waals surface area contributed by atoms with Crippen LogP contribution in [0.2, 0.25) is 0 Å². The normalized spacial score (nSPS) is 16.8. The van der Waals surface area contributed by atoms with Gasteiger partial charge in [0.15, 0.2) is 0 Å². The van der Waals surface area contributed by atoms with Crippen LogP contribution in [-0.2, 0) is 14.3 Å². The number of amides is 2. The average molecular weight is 358 g/mol. The molecule has 0 aliphatic carbocycles. The van der Waals surface area contributed by atoms with Crippen LogP contribution in [0.25, 0.3) is 10.9 Å². The molecule has 1 aromatic heterocycles. The van der Waals surface area contributed by atoms with Crippen LogP contribution in [0.15, 0.2) is 35.7 Å². The van der Waals surface area contributed by atoms with Crippen LogP contribution >= 0.6 is 0 Å². The minimum atomic E-state index is -0.586. The Morgan fingerprint density at radius 3 is 2.81 bits per heavy atom. The zero-order valence-electron chi connectivity index (χ0n) is 14.3. The fraction of sp³-hybridized carbons (Fsp3) is 0.294. The van der Waals surface area contributed by atoms with E-state index in [0.717, 1.165) is 5.39 Å². The summed E-state index contributed by atoms with van der Waals surface area (Å²) in [5.41, 5.74) is 1.46. The van der Waals surface area contributed by atoms with Crippen molar-refractivity contribution in [2.24, 2.45) is 0 Å². The number of hydrogen-bond donors (Lipinski definition) is 3. The fourth-order valence-electron chi connectivity index (χ4n) is 2.68. The van der Waals surface area contributed by atoms with Crippen molar-refractivity contribution in [3.8, 4) is 0 Å². The van der Waals surface area contributed by atoms with E-state index in [0.29, 0.717) is 11.1 Å². The predicted octanol–water partition coefficient (Wildman–Crippen LogP) is 1.24. The SMILES string of the molecule is CCOC(=O)C1=C(COC(=O)c2ccc3cn[nH]c3c2)NC(=O)NC1C. The summed E-state index contributed by atoms with van der Waals surface area (Å²) in [7, 11) is 0. The Balaban J connectivity index is 1.78. The molecule has 0 fully saturated rings. The highest BCUT2D eigenvalue weighted by atomic mass is 16.5. The molecular formula is C17H18N4O5. The number of carbonyl (C=O) groups is 3. The van der Waals surface area contributed by atoms with Gasteiger partial charge in [0.25, 0.3) is 0 Å². The quantitative estimate of drug-likeness (QED) is 0.691. The zero-order valence-corrected chi connectivity index (χ0v) is 14.3. The van der Waals surface area contributed by atoms with Gasteiger partial charge in [0.1, 0.15) is 6.61 Å². The number of nitrogens with one attached hydrogen (secondary N) is 3. The minimum absolute atomic E-state index is 0.195. The molecule has 2 heterocycles. The first-order chi connectivity index (χ1) is 12.5. The molecule has 1 aliphatic rings. The number of rotatable bonds is 5. The number of esters is 2. The highest BCUT2D eigenvalue weighted by Gasteiger charge is 2.30. The summed E-state index contributed by atoms with van der Waals surface area (Å²) in [5.74, 6) is -1.16. The zero-order chi connectivity index (χ0) is 18.7. The molecule has 1 atom stereocenters. The third-order valence-corrected chi connectivity index (χ3v) is 3.89. The number of fused-ring (bicyclic) bond motifs is 1. The standard InChI is InChI=1S/C17H18N4O5/c1-3-25-16(23)14-9(2)19-17(24)20-13(14)8-26-15(22)10-4-5-11-7-18-21-12(11)6-10/h4-7,9H,3,8H2,1-2H3,(H,18,21)(H2,19,20,24). The molecule has 9 nitrogen and oxygen atoms in total. The third kappa shape index (κ3) is 3.51. The van der Waals surface area contributed by atoms with E-state index < -0.39 is 24.0 Å². The highest BCUT2D eigenvalue weighted by Crippen LogP contribution is 2.17. The minimum Gasteiger partial charge on any atom is -0.463 e. The van der Waals surface area contributed by atoms with Crippen molar-refractivity contribution in [3.05, 3.63) is 41.2 Å². The molecule has 1 aliphatic heterocycles. The lowest BCUT2D eigenvalue weighted by molar-refractivity contribution is -0.139. The fourth-order valence-corrected chi connectivity index (χ4v) is 2.68. The number of aromatic nitrogens is 2. The van der Waals surface area contributed by atoms with Crippen molar-refractivity contribution in [2.45, 2.75) is 19.9 Å². The first-order valence-electron chi connectivity index (χ1n) is 8.07. The first kappa shape index (κ1) is 17.5. The molecule has 0 saturated heterocycles. The van der Waals surface area contributed by atoms with Gasteiger partial charge in [-0.25, -0.2) is 14.4 Å². The van der Waals surface area contributed by atoms with Crippen LogP contribution < -0.4 is 10.6 Å². The van der Waals surface area contributed by atoms with Gasteiger partial charge in [0.05, 0.1) is 41.2 Å². The van der Waals surface area contributed by atoms with Crippen LogP contribution in [0, 0.1) is 0 Å². The Bertz CT molecular complexity index is 901. The molecule has 1 aromatic carbocycles. The summed E-state index contributed by atoms with van der Waals surface area (Å²) in [6.45, 7) is 3.27. The highest BCUT2D eigenvalue weighted by molar-refractivity contribution is 5.96. The Hall–Kier alpha value is -3.36. The van der Waals surface area contributed by atoms with Gasteiger partial charge in [-0.15, -0.1) is 0 Å². The maximum absolute atomic E-state index is 12.3. The van der Waals surface area contributed by atoms with Gasteiger partial charge in [-0.05, 0) is 26.0 Å². The molecule has 2 amide bonds. The number of hydrogen-bond acceptors (Lipinski definition) is 6. The summed E-state index contributed by atoms with van der Waals surface area (Å²) in [6.07, 6.45) is 1.65. The summed E-state index contributed by atoms with van der Waals surface area (Å²) in [6, 6.07) is 3.94. The van der Waals surface area contributed by atoms with Gasteiger partial charge in [0.2, 0.25) is 0 Å². The third-order valence-electron chi connectivity index (χ3n) is 3.89.